The van der Waals surface area contributed by atoms with Gasteiger partial charge in [0.05, 0.1) is 30.0 Å². The topological polar surface area (TPSA) is 154 Å². The van der Waals surface area contributed by atoms with E-state index in [0.717, 1.165) is 12.8 Å². The van der Waals surface area contributed by atoms with Crippen molar-refractivity contribution in [2.45, 2.75) is 57.7 Å². The van der Waals surface area contributed by atoms with E-state index in [2.05, 4.69) is 10.4 Å². The predicted molar refractivity (Wildman–Crippen MR) is 151 cm³/mol. The van der Waals surface area contributed by atoms with Crippen LogP contribution in [0.3, 0.4) is 0 Å². The second kappa shape index (κ2) is 13.0. The van der Waals surface area contributed by atoms with Gasteiger partial charge in [-0.15, -0.1) is 0 Å². The summed E-state index contributed by atoms with van der Waals surface area (Å²) < 4.78 is 15.3. The van der Waals surface area contributed by atoms with Crippen molar-refractivity contribution in [2.24, 2.45) is 7.05 Å². The van der Waals surface area contributed by atoms with Gasteiger partial charge < -0.3 is 25.5 Å². The number of likely N-dealkylation sites (tertiary alicyclic amines) is 1. The number of nitrogens with one attached hydrogen (secondary N) is 1. The van der Waals surface area contributed by atoms with Gasteiger partial charge in [-0.25, -0.2) is 14.4 Å². The SMILES string of the molecule is CC(C)c1nc(Nc2cc(C(=O)N3CCCC3)nn2C)nc(-c2ccc(F)cc2)c1/C=C/[C@@H](O)C[C@@H](O)CC(=O)O. The first kappa shape index (κ1) is 29.8. The molecule has 1 fully saturated rings. The average molecular weight is 567 g/mol. The van der Waals surface area contributed by atoms with E-state index in [-0.39, 0.29) is 24.2 Å². The maximum absolute atomic E-state index is 13.8. The molecule has 0 radical (unpaired) electrons. The normalized spacial score (nSPS) is 15.0. The number of carbonyl (C=O) groups excluding carboxylic acids is 1. The molecule has 0 spiro atoms. The molecule has 0 unspecified atom stereocenters. The van der Waals surface area contributed by atoms with Crippen LogP contribution in [-0.2, 0) is 11.8 Å². The van der Waals surface area contributed by atoms with Crippen molar-refractivity contribution in [1.29, 1.82) is 0 Å². The number of carboxylic acids is 1. The number of carboxylic acid groups (broad SMARTS) is 1. The Morgan fingerprint density at radius 1 is 1.12 bits per heavy atom. The minimum absolute atomic E-state index is 0.0917. The molecule has 0 aliphatic carbocycles. The highest BCUT2D eigenvalue weighted by molar-refractivity contribution is 5.93. The van der Waals surface area contributed by atoms with Crippen LogP contribution in [0.5, 0.6) is 0 Å². The van der Waals surface area contributed by atoms with Crippen molar-refractivity contribution >= 4 is 29.7 Å². The van der Waals surface area contributed by atoms with E-state index in [1.54, 1.807) is 40.9 Å². The third-order valence-electron chi connectivity index (χ3n) is 6.78. The summed E-state index contributed by atoms with van der Waals surface area (Å²) in [7, 11) is 1.71. The first-order chi connectivity index (χ1) is 19.5. The molecule has 3 heterocycles. The predicted octanol–water partition coefficient (Wildman–Crippen LogP) is 3.72. The molecule has 1 amide bonds. The molecule has 1 aromatic carbocycles. The van der Waals surface area contributed by atoms with Crippen molar-refractivity contribution in [1.82, 2.24) is 24.6 Å². The van der Waals surface area contributed by atoms with Gasteiger partial charge in [0.15, 0.2) is 5.69 Å². The molecule has 12 heteroatoms. The molecule has 1 saturated heterocycles. The van der Waals surface area contributed by atoms with E-state index in [1.807, 2.05) is 13.8 Å². The molecule has 4 rings (SSSR count). The number of aromatic nitrogens is 4. The highest BCUT2D eigenvalue weighted by atomic mass is 19.1. The highest BCUT2D eigenvalue weighted by Crippen LogP contribution is 2.31. The van der Waals surface area contributed by atoms with Crippen LogP contribution in [0.25, 0.3) is 17.3 Å². The van der Waals surface area contributed by atoms with Gasteiger partial charge >= 0.3 is 5.97 Å². The maximum Gasteiger partial charge on any atom is 0.305 e. The Kier molecular flexibility index (Phi) is 9.46. The Bertz CT molecular complexity index is 1420. The fourth-order valence-corrected chi connectivity index (χ4v) is 4.71. The van der Waals surface area contributed by atoms with Gasteiger partial charge in [0.1, 0.15) is 11.6 Å². The van der Waals surface area contributed by atoms with Crippen LogP contribution in [0.15, 0.2) is 36.4 Å². The largest absolute Gasteiger partial charge is 0.481 e. The summed E-state index contributed by atoms with van der Waals surface area (Å²) in [6.07, 6.45) is 2.06. The summed E-state index contributed by atoms with van der Waals surface area (Å²) in [5, 5.41) is 36.8. The van der Waals surface area contributed by atoms with E-state index in [1.165, 1.54) is 18.2 Å². The lowest BCUT2D eigenvalue weighted by Crippen LogP contribution is -2.28. The molecule has 1 aliphatic rings. The van der Waals surface area contributed by atoms with Gasteiger partial charge in [-0.05, 0) is 43.0 Å². The summed E-state index contributed by atoms with van der Waals surface area (Å²) in [6.45, 7) is 5.31. The number of aliphatic hydroxyl groups excluding tert-OH is 2. The number of hydrogen-bond donors (Lipinski definition) is 4. The molecule has 11 nitrogen and oxygen atoms in total. The van der Waals surface area contributed by atoms with Crippen LogP contribution < -0.4 is 5.32 Å². The Morgan fingerprint density at radius 2 is 1.80 bits per heavy atom. The Balaban J connectivity index is 1.70. The van der Waals surface area contributed by atoms with E-state index in [4.69, 9.17) is 15.1 Å². The molecule has 4 N–H and O–H groups in total. The lowest BCUT2D eigenvalue weighted by Gasteiger charge is -2.17. The molecular weight excluding hydrogens is 531 g/mol. The number of nitrogens with zero attached hydrogens (tertiary/aromatic N) is 5. The first-order valence-corrected chi connectivity index (χ1v) is 13.6. The number of amides is 1. The van der Waals surface area contributed by atoms with Crippen LogP contribution in [-0.4, -0.2) is 77.1 Å². The Hall–Kier alpha value is -4.16. The molecule has 0 saturated carbocycles. The van der Waals surface area contributed by atoms with Gasteiger partial charge in [0.25, 0.3) is 5.91 Å². The number of carbonyl (C=O) groups is 2. The van der Waals surface area contributed by atoms with Crippen molar-refractivity contribution < 1.29 is 29.3 Å². The van der Waals surface area contributed by atoms with Crippen molar-refractivity contribution in [3.63, 3.8) is 0 Å². The lowest BCUT2D eigenvalue weighted by atomic mass is 9.97. The molecule has 2 aromatic heterocycles. The second-order valence-corrected chi connectivity index (χ2v) is 10.4. The number of halogens is 1. The summed E-state index contributed by atoms with van der Waals surface area (Å²) in [5.41, 5.74) is 2.61. The average Bonchev–Trinajstić information content (AvgIpc) is 3.57. The van der Waals surface area contributed by atoms with Gasteiger partial charge in [0.2, 0.25) is 5.95 Å². The quantitative estimate of drug-likeness (QED) is 0.272. The molecule has 218 valence electrons. The standard InChI is InChI=1S/C29H35FN6O5/c1-17(2)26-22(11-10-20(37)14-21(38)15-25(39)40)27(18-6-8-19(30)9-7-18)33-29(32-26)31-24-16-23(34-35(24)3)28(41)36-12-4-5-13-36/h6-11,16-17,20-21,37-38H,4-5,12-15H2,1-3H3,(H,39,40)(H,31,32,33)/b11-10+/t20-,21-/m1/s1. The second-order valence-electron chi connectivity index (χ2n) is 10.4. The van der Waals surface area contributed by atoms with Gasteiger partial charge in [-0.1, -0.05) is 26.0 Å². The van der Waals surface area contributed by atoms with Crippen LogP contribution in [0, 0.1) is 5.82 Å². The summed E-state index contributed by atoms with van der Waals surface area (Å²) >= 11 is 0. The monoisotopic (exact) mass is 566 g/mol. The van der Waals surface area contributed by atoms with Crippen molar-refractivity contribution in [3.8, 4) is 11.3 Å². The summed E-state index contributed by atoms with van der Waals surface area (Å²) in [4.78, 5) is 34.9. The van der Waals surface area contributed by atoms with E-state index >= 15 is 0 Å². The molecule has 1 aliphatic heterocycles. The Morgan fingerprint density at radius 3 is 2.44 bits per heavy atom. The van der Waals surface area contributed by atoms with Crippen molar-refractivity contribution in [3.05, 3.63) is 59.2 Å². The van der Waals surface area contributed by atoms with E-state index in [9.17, 15) is 24.2 Å². The van der Waals surface area contributed by atoms with Gasteiger partial charge in [-0.2, -0.15) is 5.10 Å². The number of aliphatic carboxylic acids is 1. The number of aryl methyl sites for hydroxylation is 1. The third-order valence-corrected chi connectivity index (χ3v) is 6.78. The minimum Gasteiger partial charge on any atom is -0.481 e. The first-order valence-electron chi connectivity index (χ1n) is 13.6. The van der Waals surface area contributed by atoms with Crippen molar-refractivity contribution in [2.75, 3.05) is 18.4 Å². The number of rotatable bonds is 11. The van der Waals surface area contributed by atoms with E-state index < -0.39 is 30.4 Å². The number of aliphatic hydroxyl groups is 2. The molecule has 41 heavy (non-hydrogen) atoms. The van der Waals surface area contributed by atoms with Crippen LogP contribution in [0.2, 0.25) is 0 Å². The zero-order valence-electron chi connectivity index (χ0n) is 23.3. The third kappa shape index (κ3) is 7.53. The fraction of sp³-hybridized carbons (Fsp3) is 0.414. The van der Waals surface area contributed by atoms with E-state index in [0.29, 0.717) is 47.1 Å². The Labute approximate surface area is 237 Å². The fourth-order valence-electron chi connectivity index (χ4n) is 4.71. The van der Waals surface area contributed by atoms with Crippen LogP contribution >= 0.6 is 0 Å². The zero-order valence-corrected chi connectivity index (χ0v) is 23.3. The summed E-state index contributed by atoms with van der Waals surface area (Å²) in [5.74, 6) is -1.04. The molecular formula is C29H35FN6O5. The van der Waals surface area contributed by atoms with Crippen LogP contribution in [0.1, 0.15) is 67.2 Å². The molecule has 0 bridgehead atoms. The lowest BCUT2D eigenvalue weighted by molar-refractivity contribution is -0.139. The minimum atomic E-state index is -1.21. The number of anilines is 2. The van der Waals surface area contributed by atoms with Gasteiger partial charge in [0, 0.05) is 43.8 Å². The van der Waals surface area contributed by atoms with Crippen LogP contribution in [0.4, 0.5) is 16.2 Å². The maximum atomic E-state index is 13.8. The molecule has 2 atom stereocenters. The highest BCUT2D eigenvalue weighted by Gasteiger charge is 2.24. The number of hydrogen-bond acceptors (Lipinski definition) is 8. The van der Waals surface area contributed by atoms with Gasteiger partial charge in [-0.3, -0.25) is 14.3 Å². The number of benzene rings is 1. The smallest absolute Gasteiger partial charge is 0.305 e. The zero-order chi connectivity index (χ0) is 29.7. The molecule has 3 aromatic rings. The summed E-state index contributed by atoms with van der Waals surface area (Å²) in [6, 6.07) is 7.48.